The van der Waals surface area contributed by atoms with Crippen LogP contribution in [0.2, 0.25) is 0 Å². The maximum Gasteiger partial charge on any atom is 0.309 e. The highest BCUT2D eigenvalue weighted by atomic mass is 16.4. The van der Waals surface area contributed by atoms with Crippen molar-refractivity contribution < 1.29 is 19.8 Å². The number of hydrogen-bond donors (Lipinski definition) is 2. The molecule has 0 amide bonds. The van der Waals surface area contributed by atoms with Crippen LogP contribution >= 0.6 is 0 Å². The molecule has 0 radical (unpaired) electrons. The summed E-state index contributed by atoms with van der Waals surface area (Å²) in [6, 6.07) is 0. The van der Waals surface area contributed by atoms with Gasteiger partial charge in [0.15, 0.2) is 0 Å². The maximum atomic E-state index is 11.6. The predicted octanol–water partition coefficient (Wildman–Crippen LogP) is 4.96. The van der Waals surface area contributed by atoms with E-state index < -0.39 is 17.4 Å². The average molecular weight is 314 g/mol. The summed E-state index contributed by atoms with van der Waals surface area (Å²) in [5, 5.41) is 18.8. The minimum absolute atomic E-state index is 0.0668. The second-order valence-electron chi connectivity index (χ2n) is 6.84. The first-order chi connectivity index (χ1) is 10.3. The maximum absolute atomic E-state index is 11.6. The van der Waals surface area contributed by atoms with Crippen molar-refractivity contribution in [2.45, 2.75) is 85.5 Å². The van der Waals surface area contributed by atoms with Crippen LogP contribution in [0.5, 0.6) is 0 Å². The molecule has 2 N–H and O–H groups in total. The van der Waals surface area contributed by atoms with Crippen molar-refractivity contribution in [1.29, 1.82) is 0 Å². The molecule has 4 nitrogen and oxygen atoms in total. The van der Waals surface area contributed by atoms with E-state index in [1.807, 2.05) is 13.8 Å². The van der Waals surface area contributed by atoms with E-state index in [-0.39, 0.29) is 11.8 Å². The zero-order valence-electron chi connectivity index (χ0n) is 14.7. The topological polar surface area (TPSA) is 74.6 Å². The van der Waals surface area contributed by atoms with Gasteiger partial charge in [-0.3, -0.25) is 9.59 Å². The van der Waals surface area contributed by atoms with E-state index in [2.05, 4.69) is 13.8 Å². The van der Waals surface area contributed by atoms with Crippen LogP contribution in [-0.4, -0.2) is 22.2 Å². The van der Waals surface area contributed by atoms with Crippen LogP contribution in [0.4, 0.5) is 0 Å². The van der Waals surface area contributed by atoms with Gasteiger partial charge in [0.1, 0.15) is 0 Å². The van der Waals surface area contributed by atoms with Crippen LogP contribution in [0.15, 0.2) is 0 Å². The van der Waals surface area contributed by atoms with Crippen LogP contribution in [0, 0.1) is 17.3 Å². The lowest BCUT2D eigenvalue weighted by atomic mass is 9.72. The molecular weight excluding hydrogens is 280 g/mol. The first-order valence-electron chi connectivity index (χ1n) is 8.75. The minimum Gasteiger partial charge on any atom is -0.481 e. The van der Waals surface area contributed by atoms with Crippen LogP contribution in [0.1, 0.15) is 85.5 Å². The van der Waals surface area contributed by atoms with E-state index in [1.165, 1.54) is 0 Å². The van der Waals surface area contributed by atoms with Crippen LogP contribution in [0.3, 0.4) is 0 Å². The zero-order chi connectivity index (χ0) is 17.2. The number of aliphatic carboxylic acids is 2. The summed E-state index contributed by atoms with van der Waals surface area (Å²) in [5.74, 6) is -1.65. The molecule has 0 aliphatic rings. The highest BCUT2D eigenvalue weighted by Crippen LogP contribution is 2.37. The normalized spacial score (nSPS) is 16.7. The molecular formula is C18H34O4. The molecule has 0 fully saturated rings. The molecule has 0 aromatic heterocycles. The third kappa shape index (κ3) is 6.80. The lowest BCUT2D eigenvalue weighted by molar-refractivity contribution is -0.152. The van der Waals surface area contributed by atoms with E-state index in [9.17, 15) is 19.8 Å². The molecule has 130 valence electrons. The Morgan fingerprint density at radius 3 is 1.95 bits per heavy atom. The first kappa shape index (κ1) is 20.9. The Kier molecular flexibility index (Phi) is 10.1. The summed E-state index contributed by atoms with van der Waals surface area (Å²) in [7, 11) is 0. The number of unbranched alkanes of at least 4 members (excludes halogenated alkanes) is 2. The highest BCUT2D eigenvalue weighted by molar-refractivity contribution is 5.74. The van der Waals surface area contributed by atoms with E-state index >= 15 is 0 Å². The number of carbonyl (C=O) groups is 2. The van der Waals surface area contributed by atoms with E-state index in [4.69, 9.17) is 0 Å². The predicted molar refractivity (Wildman–Crippen MR) is 88.9 cm³/mol. The van der Waals surface area contributed by atoms with Crippen LogP contribution in [0.25, 0.3) is 0 Å². The van der Waals surface area contributed by atoms with Gasteiger partial charge in [0.25, 0.3) is 0 Å². The molecule has 0 saturated heterocycles. The summed E-state index contributed by atoms with van der Waals surface area (Å²) < 4.78 is 0. The Morgan fingerprint density at radius 1 is 0.955 bits per heavy atom. The van der Waals surface area contributed by atoms with Crippen LogP contribution < -0.4 is 0 Å². The summed E-state index contributed by atoms with van der Waals surface area (Å²) in [6.07, 6.45) is 7.51. The number of carboxylic acids is 2. The van der Waals surface area contributed by atoms with Gasteiger partial charge in [-0.1, -0.05) is 52.9 Å². The van der Waals surface area contributed by atoms with Crippen molar-refractivity contribution >= 4 is 11.9 Å². The summed E-state index contributed by atoms with van der Waals surface area (Å²) >= 11 is 0. The molecule has 0 rings (SSSR count). The molecule has 0 saturated carbocycles. The SMILES string of the molecule is CCCCC(CCCC(C)C(C)(CCCC)C(=O)O)C(=O)O. The minimum atomic E-state index is -0.728. The lowest BCUT2D eigenvalue weighted by Crippen LogP contribution is -2.34. The third-order valence-corrected chi connectivity index (χ3v) is 5.07. The first-order valence-corrected chi connectivity index (χ1v) is 8.75. The second kappa shape index (κ2) is 10.6. The van der Waals surface area contributed by atoms with Crippen molar-refractivity contribution in [2.75, 3.05) is 0 Å². The van der Waals surface area contributed by atoms with Gasteiger partial charge in [0.2, 0.25) is 0 Å². The number of carboxylic acid groups (broad SMARTS) is 2. The fourth-order valence-corrected chi connectivity index (χ4v) is 2.94. The summed E-state index contributed by atoms with van der Waals surface area (Å²) in [5.41, 5.74) is -0.696. The Morgan fingerprint density at radius 2 is 1.50 bits per heavy atom. The second-order valence-corrected chi connectivity index (χ2v) is 6.84. The molecule has 4 heteroatoms. The quantitative estimate of drug-likeness (QED) is 0.503. The molecule has 0 heterocycles. The number of hydrogen-bond acceptors (Lipinski definition) is 2. The molecule has 3 unspecified atom stereocenters. The fourth-order valence-electron chi connectivity index (χ4n) is 2.94. The Hall–Kier alpha value is -1.06. The lowest BCUT2D eigenvalue weighted by Gasteiger charge is -2.32. The molecule has 0 aliphatic carbocycles. The van der Waals surface area contributed by atoms with Crippen LogP contribution in [-0.2, 0) is 9.59 Å². The Labute approximate surface area is 135 Å². The molecule has 0 bridgehead atoms. The van der Waals surface area contributed by atoms with Crippen molar-refractivity contribution in [1.82, 2.24) is 0 Å². The Balaban J connectivity index is 4.46. The van der Waals surface area contributed by atoms with E-state index in [0.29, 0.717) is 12.8 Å². The van der Waals surface area contributed by atoms with Gasteiger partial charge in [0.05, 0.1) is 11.3 Å². The van der Waals surface area contributed by atoms with Gasteiger partial charge >= 0.3 is 11.9 Å². The molecule has 0 aromatic rings. The van der Waals surface area contributed by atoms with E-state index in [1.54, 1.807) is 0 Å². The van der Waals surface area contributed by atoms with Gasteiger partial charge in [-0.05, 0) is 38.5 Å². The smallest absolute Gasteiger partial charge is 0.309 e. The van der Waals surface area contributed by atoms with Crippen molar-refractivity contribution in [3.63, 3.8) is 0 Å². The van der Waals surface area contributed by atoms with Crippen molar-refractivity contribution in [3.8, 4) is 0 Å². The van der Waals surface area contributed by atoms with Gasteiger partial charge in [0, 0.05) is 0 Å². The molecule has 0 aliphatic heterocycles. The van der Waals surface area contributed by atoms with Crippen molar-refractivity contribution in [3.05, 3.63) is 0 Å². The summed E-state index contributed by atoms with van der Waals surface area (Å²) in [4.78, 5) is 22.9. The molecule has 0 spiro atoms. The van der Waals surface area contributed by atoms with E-state index in [0.717, 1.165) is 44.9 Å². The largest absolute Gasteiger partial charge is 0.481 e. The number of rotatable bonds is 13. The molecule has 3 atom stereocenters. The van der Waals surface area contributed by atoms with Gasteiger partial charge in [-0.25, -0.2) is 0 Å². The summed E-state index contributed by atoms with van der Waals surface area (Å²) in [6.45, 7) is 7.96. The average Bonchev–Trinajstić information content (AvgIpc) is 2.47. The van der Waals surface area contributed by atoms with Gasteiger partial charge in [-0.2, -0.15) is 0 Å². The highest BCUT2D eigenvalue weighted by Gasteiger charge is 2.37. The molecule has 22 heavy (non-hydrogen) atoms. The fraction of sp³-hybridized carbons (Fsp3) is 0.889. The van der Waals surface area contributed by atoms with Gasteiger partial charge in [-0.15, -0.1) is 0 Å². The Bertz CT molecular complexity index is 340. The third-order valence-electron chi connectivity index (χ3n) is 5.07. The van der Waals surface area contributed by atoms with Gasteiger partial charge < -0.3 is 10.2 Å². The van der Waals surface area contributed by atoms with Crippen molar-refractivity contribution in [2.24, 2.45) is 17.3 Å². The monoisotopic (exact) mass is 314 g/mol. The molecule has 0 aromatic carbocycles. The standard InChI is InChI=1S/C18H34O4/c1-5-7-11-15(16(19)20)12-9-10-14(3)18(4,17(21)22)13-8-6-2/h14-15H,5-13H2,1-4H3,(H,19,20)(H,21,22). The zero-order valence-corrected chi connectivity index (χ0v) is 14.7.